The zero-order valence-electron chi connectivity index (χ0n) is 8.58. The van der Waals surface area contributed by atoms with Gasteiger partial charge in [0.25, 0.3) is 0 Å². The Bertz CT molecular complexity index is 348. The minimum atomic E-state index is -0.325. The molecule has 0 aliphatic carbocycles. The van der Waals surface area contributed by atoms with E-state index in [4.69, 9.17) is 5.73 Å². The quantitative estimate of drug-likeness (QED) is 0.726. The molecule has 2 nitrogen and oxygen atoms in total. The SMILES string of the molecule is CC(C)=C(Cc1ccccc1)C(N)=O. The molecule has 0 saturated carbocycles. The minimum absolute atomic E-state index is 0.325. The average Bonchev–Trinajstić information content (AvgIpc) is 2.15. The largest absolute Gasteiger partial charge is 0.366 e. The predicted octanol–water partition coefficient (Wildman–Crippen LogP) is 2.05. The van der Waals surface area contributed by atoms with Crippen LogP contribution in [-0.4, -0.2) is 5.91 Å². The van der Waals surface area contributed by atoms with Gasteiger partial charge in [0, 0.05) is 12.0 Å². The van der Waals surface area contributed by atoms with Crippen LogP contribution in [0.3, 0.4) is 0 Å². The van der Waals surface area contributed by atoms with Crippen molar-refractivity contribution in [3.8, 4) is 0 Å². The van der Waals surface area contributed by atoms with E-state index in [9.17, 15) is 4.79 Å². The first-order valence-electron chi connectivity index (χ1n) is 4.61. The van der Waals surface area contributed by atoms with Gasteiger partial charge >= 0.3 is 0 Å². The van der Waals surface area contributed by atoms with Crippen LogP contribution in [0.1, 0.15) is 19.4 Å². The van der Waals surface area contributed by atoms with E-state index in [1.54, 1.807) is 0 Å². The van der Waals surface area contributed by atoms with E-state index in [1.165, 1.54) is 0 Å². The first-order valence-corrected chi connectivity index (χ1v) is 4.61. The molecule has 0 spiro atoms. The Morgan fingerprint density at radius 2 is 1.79 bits per heavy atom. The molecule has 1 aromatic rings. The van der Waals surface area contributed by atoms with Crippen molar-refractivity contribution in [2.75, 3.05) is 0 Å². The second-order valence-corrected chi connectivity index (χ2v) is 3.51. The summed E-state index contributed by atoms with van der Waals surface area (Å²) in [6, 6.07) is 9.85. The van der Waals surface area contributed by atoms with Gasteiger partial charge in [-0.3, -0.25) is 4.79 Å². The second kappa shape index (κ2) is 4.61. The van der Waals surface area contributed by atoms with Crippen LogP contribution in [0.25, 0.3) is 0 Å². The van der Waals surface area contributed by atoms with E-state index in [0.29, 0.717) is 12.0 Å². The van der Waals surface area contributed by atoms with E-state index in [-0.39, 0.29) is 5.91 Å². The molecule has 0 aliphatic rings. The third-order valence-electron chi connectivity index (χ3n) is 2.12. The Labute approximate surface area is 84.4 Å². The molecule has 14 heavy (non-hydrogen) atoms. The number of nitrogens with two attached hydrogens (primary N) is 1. The summed E-state index contributed by atoms with van der Waals surface area (Å²) in [4.78, 5) is 11.1. The van der Waals surface area contributed by atoms with Gasteiger partial charge in [0.1, 0.15) is 0 Å². The highest BCUT2D eigenvalue weighted by Crippen LogP contribution is 2.11. The number of carbonyl (C=O) groups is 1. The van der Waals surface area contributed by atoms with E-state index in [1.807, 2.05) is 44.2 Å². The Morgan fingerprint density at radius 3 is 2.21 bits per heavy atom. The highest BCUT2D eigenvalue weighted by molar-refractivity contribution is 5.93. The van der Waals surface area contributed by atoms with Crippen LogP contribution in [0, 0.1) is 0 Å². The van der Waals surface area contributed by atoms with Crippen LogP contribution in [-0.2, 0) is 11.2 Å². The Balaban J connectivity index is 2.87. The molecular weight excluding hydrogens is 174 g/mol. The van der Waals surface area contributed by atoms with Crippen molar-refractivity contribution in [1.82, 2.24) is 0 Å². The summed E-state index contributed by atoms with van der Waals surface area (Å²) in [5, 5.41) is 0. The first-order chi connectivity index (χ1) is 6.61. The van der Waals surface area contributed by atoms with Crippen molar-refractivity contribution in [2.45, 2.75) is 20.3 Å². The number of allylic oxidation sites excluding steroid dienone is 1. The van der Waals surface area contributed by atoms with Gasteiger partial charge in [-0.05, 0) is 19.4 Å². The van der Waals surface area contributed by atoms with Crippen molar-refractivity contribution >= 4 is 5.91 Å². The maximum absolute atomic E-state index is 11.1. The summed E-state index contributed by atoms with van der Waals surface area (Å²) in [6.45, 7) is 3.81. The predicted molar refractivity (Wildman–Crippen MR) is 57.7 cm³/mol. The summed E-state index contributed by atoms with van der Waals surface area (Å²) >= 11 is 0. The molecule has 0 radical (unpaired) electrons. The van der Waals surface area contributed by atoms with Gasteiger partial charge in [0.05, 0.1) is 0 Å². The molecule has 0 aliphatic heterocycles. The molecule has 74 valence electrons. The summed E-state index contributed by atoms with van der Waals surface area (Å²) in [7, 11) is 0. The Hall–Kier alpha value is -1.57. The number of carbonyl (C=O) groups excluding carboxylic acids is 1. The van der Waals surface area contributed by atoms with E-state index in [0.717, 1.165) is 11.1 Å². The van der Waals surface area contributed by atoms with Crippen LogP contribution in [0.5, 0.6) is 0 Å². The standard InChI is InChI=1S/C12H15NO/c1-9(2)11(12(13)14)8-10-6-4-3-5-7-10/h3-7H,8H2,1-2H3,(H2,13,14). The van der Waals surface area contributed by atoms with Crippen LogP contribution in [0.4, 0.5) is 0 Å². The number of rotatable bonds is 3. The summed E-state index contributed by atoms with van der Waals surface area (Å²) < 4.78 is 0. The van der Waals surface area contributed by atoms with E-state index >= 15 is 0 Å². The molecule has 0 bridgehead atoms. The van der Waals surface area contributed by atoms with Gasteiger partial charge < -0.3 is 5.73 Å². The number of hydrogen-bond acceptors (Lipinski definition) is 1. The molecule has 1 amide bonds. The monoisotopic (exact) mass is 189 g/mol. The van der Waals surface area contributed by atoms with E-state index < -0.39 is 0 Å². The molecule has 0 heterocycles. The number of primary amides is 1. The fourth-order valence-corrected chi connectivity index (χ4v) is 1.31. The van der Waals surface area contributed by atoms with Crippen LogP contribution in [0.2, 0.25) is 0 Å². The van der Waals surface area contributed by atoms with Gasteiger partial charge in [-0.25, -0.2) is 0 Å². The zero-order chi connectivity index (χ0) is 10.6. The highest BCUT2D eigenvalue weighted by Gasteiger charge is 2.07. The summed E-state index contributed by atoms with van der Waals surface area (Å²) in [5.41, 5.74) is 8.09. The van der Waals surface area contributed by atoms with Crippen molar-refractivity contribution in [1.29, 1.82) is 0 Å². The molecule has 2 heteroatoms. The third kappa shape index (κ3) is 2.73. The average molecular weight is 189 g/mol. The molecule has 0 atom stereocenters. The van der Waals surface area contributed by atoms with Crippen molar-refractivity contribution in [2.24, 2.45) is 5.73 Å². The normalized spacial score (nSPS) is 9.57. The van der Waals surface area contributed by atoms with Crippen LogP contribution < -0.4 is 5.73 Å². The Morgan fingerprint density at radius 1 is 1.21 bits per heavy atom. The molecule has 0 saturated heterocycles. The zero-order valence-corrected chi connectivity index (χ0v) is 8.58. The lowest BCUT2D eigenvalue weighted by atomic mass is 10.0. The summed E-state index contributed by atoms with van der Waals surface area (Å²) in [5.74, 6) is -0.325. The molecular formula is C12H15NO. The lowest BCUT2D eigenvalue weighted by molar-refractivity contribution is -0.114. The third-order valence-corrected chi connectivity index (χ3v) is 2.12. The van der Waals surface area contributed by atoms with Crippen molar-refractivity contribution in [3.63, 3.8) is 0 Å². The van der Waals surface area contributed by atoms with Crippen molar-refractivity contribution in [3.05, 3.63) is 47.0 Å². The molecule has 2 N–H and O–H groups in total. The molecule has 0 unspecified atom stereocenters. The minimum Gasteiger partial charge on any atom is -0.366 e. The summed E-state index contributed by atoms with van der Waals surface area (Å²) in [6.07, 6.45) is 0.624. The Kier molecular flexibility index (Phi) is 3.46. The highest BCUT2D eigenvalue weighted by atomic mass is 16.1. The van der Waals surface area contributed by atoms with Crippen LogP contribution in [0.15, 0.2) is 41.5 Å². The number of hydrogen-bond donors (Lipinski definition) is 1. The maximum Gasteiger partial charge on any atom is 0.244 e. The van der Waals surface area contributed by atoms with Gasteiger partial charge in [0.15, 0.2) is 0 Å². The fourth-order valence-electron chi connectivity index (χ4n) is 1.31. The lowest BCUT2D eigenvalue weighted by Crippen LogP contribution is -2.16. The van der Waals surface area contributed by atoms with Gasteiger partial charge in [-0.15, -0.1) is 0 Å². The maximum atomic E-state index is 11.1. The van der Waals surface area contributed by atoms with Crippen LogP contribution >= 0.6 is 0 Å². The topological polar surface area (TPSA) is 43.1 Å². The molecule has 0 fully saturated rings. The number of benzene rings is 1. The first kappa shape index (κ1) is 10.5. The fraction of sp³-hybridized carbons (Fsp3) is 0.250. The van der Waals surface area contributed by atoms with Gasteiger partial charge in [-0.1, -0.05) is 35.9 Å². The molecule has 1 rings (SSSR count). The van der Waals surface area contributed by atoms with E-state index in [2.05, 4.69) is 0 Å². The van der Waals surface area contributed by atoms with Crippen molar-refractivity contribution < 1.29 is 4.79 Å². The second-order valence-electron chi connectivity index (χ2n) is 3.51. The number of amides is 1. The molecule has 1 aromatic carbocycles. The van der Waals surface area contributed by atoms with Gasteiger partial charge in [0.2, 0.25) is 5.91 Å². The molecule has 0 aromatic heterocycles. The smallest absolute Gasteiger partial charge is 0.244 e. The van der Waals surface area contributed by atoms with Gasteiger partial charge in [-0.2, -0.15) is 0 Å². The lowest BCUT2D eigenvalue weighted by Gasteiger charge is -2.05.